The van der Waals surface area contributed by atoms with Crippen molar-refractivity contribution in [1.29, 1.82) is 0 Å². The maximum Gasteiger partial charge on any atom is 0.335 e. The molecule has 7 heteroatoms. The zero-order chi connectivity index (χ0) is 25.3. The molecule has 0 radical (unpaired) electrons. The number of anilines is 1. The van der Waals surface area contributed by atoms with Gasteiger partial charge in [0.05, 0.1) is 17.2 Å². The molecule has 3 aromatic rings. The third-order valence-electron chi connectivity index (χ3n) is 6.14. The molecule has 1 fully saturated rings. The van der Waals surface area contributed by atoms with Crippen LogP contribution in [-0.2, 0) is 16.1 Å². The summed E-state index contributed by atoms with van der Waals surface area (Å²) in [6.45, 7) is 2.00. The van der Waals surface area contributed by atoms with E-state index in [1.54, 1.807) is 24.3 Å². The molecular weight excluding hydrogens is 444 g/mol. The molecule has 1 heterocycles. The number of benzene rings is 3. The molecule has 1 atom stereocenters. The summed E-state index contributed by atoms with van der Waals surface area (Å²) >= 11 is 0. The van der Waals surface area contributed by atoms with Gasteiger partial charge in [-0.3, -0.25) is 9.59 Å². The van der Waals surface area contributed by atoms with Gasteiger partial charge in [0.1, 0.15) is 5.76 Å². The lowest BCUT2D eigenvalue weighted by Crippen LogP contribution is -2.29. The van der Waals surface area contributed by atoms with E-state index >= 15 is 0 Å². The number of hydrogen-bond acceptors (Lipinski definition) is 5. The second-order valence-corrected chi connectivity index (χ2v) is 8.78. The average Bonchev–Trinajstić information content (AvgIpc) is 3.09. The summed E-state index contributed by atoms with van der Waals surface area (Å²) in [6.07, 6.45) is 0. The summed E-state index contributed by atoms with van der Waals surface area (Å²) in [6, 6.07) is 19.9. The van der Waals surface area contributed by atoms with Crippen molar-refractivity contribution in [1.82, 2.24) is 4.90 Å². The minimum Gasteiger partial charge on any atom is -0.507 e. The highest BCUT2D eigenvalue weighted by Gasteiger charge is 2.46. The predicted molar refractivity (Wildman–Crippen MR) is 133 cm³/mol. The van der Waals surface area contributed by atoms with Gasteiger partial charge in [0, 0.05) is 31.9 Å². The fraction of sp³-hybridized carbons (Fsp3) is 0.179. The third-order valence-corrected chi connectivity index (χ3v) is 6.14. The van der Waals surface area contributed by atoms with Crippen LogP contribution >= 0.6 is 0 Å². The Morgan fingerprint density at radius 1 is 0.857 bits per heavy atom. The van der Waals surface area contributed by atoms with Gasteiger partial charge >= 0.3 is 5.97 Å². The topological polar surface area (TPSA) is 98.2 Å². The van der Waals surface area contributed by atoms with Gasteiger partial charge < -0.3 is 20.0 Å². The van der Waals surface area contributed by atoms with Crippen molar-refractivity contribution in [2.45, 2.75) is 19.5 Å². The second kappa shape index (κ2) is 9.46. The van der Waals surface area contributed by atoms with E-state index in [-0.39, 0.29) is 23.4 Å². The fourth-order valence-electron chi connectivity index (χ4n) is 4.16. The van der Waals surface area contributed by atoms with E-state index < -0.39 is 23.7 Å². The monoisotopic (exact) mass is 470 g/mol. The van der Waals surface area contributed by atoms with Crippen molar-refractivity contribution < 1.29 is 24.6 Å². The molecule has 35 heavy (non-hydrogen) atoms. The molecule has 1 unspecified atom stereocenters. The zero-order valence-electron chi connectivity index (χ0n) is 19.7. The van der Waals surface area contributed by atoms with Gasteiger partial charge in [-0.15, -0.1) is 0 Å². The van der Waals surface area contributed by atoms with Crippen LogP contribution in [0.5, 0.6) is 0 Å². The van der Waals surface area contributed by atoms with Crippen molar-refractivity contribution in [3.8, 4) is 0 Å². The van der Waals surface area contributed by atoms with Crippen LogP contribution in [-0.4, -0.2) is 46.9 Å². The Morgan fingerprint density at radius 3 is 1.97 bits per heavy atom. The van der Waals surface area contributed by atoms with Gasteiger partial charge in [-0.2, -0.15) is 0 Å². The smallest absolute Gasteiger partial charge is 0.335 e. The molecule has 4 rings (SSSR count). The normalized spacial score (nSPS) is 17.0. The predicted octanol–water partition coefficient (Wildman–Crippen LogP) is 4.38. The highest BCUT2D eigenvalue weighted by atomic mass is 16.4. The molecule has 0 aromatic heterocycles. The fourth-order valence-corrected chi connectivity index (χ4v) is 4.16. The number of nitrogens with zero attached hydrogens (tertiary/aromatic N) is 2. The Labute approximate surface area is 203 Å². The van der Waals surface area contributed by atoms with Crippen LogP contribution in [0, 0.1) is 6.92 Å². The molecular formula is C28H26N2O5. The molecule has 1 aliphatic heterocycles. The van der Waals surface area contributed by atoms with Crippen LogP contribution in [0.2, 0.25) is 0 Å². The summed E-state index contributed by atoms with van der Waals surface area (Å²) in [4.78, 5) is 40.9. The third kappa shape index (κ3) is 4.66. The Hall–Kier alpha value is -4.39. The lowest BCUT2D eigenvalue weighted by atomic mass is 9.94. The number of aliphatic hydroxyl groups is 1. The molecule has 178 valence electrons. The van der Waals surface area contributed by atoms with Crippen LogP contribution in [0.25, 0.3) is 5.76 Å². The van der Waals surface area contributed by atoms with E-state index in [1.807, 2.05) is 62.3 Å². The number of carbonyl (C=O) groups is 3. The van der Waals surface area contributed by atoms with Crippen molar-refractivity contribution in [2.24, 2.45) is 0 Å². The van der Waals surface area contributed by atoms with Gasteiger partial charge in [-0.1, -0.05) is 54.1 Å². The molecule has 1 aliphatic rings. The molecule has 1 amide bonds. The first-order chi connectivity index (χ1) is 16.7. The maximum atomic E-state index is 13.2. The number of carboxylic acid groups (broad SMARTS) is 1. The van der Waals surface area contributed by atoms with Gasteiger partial charge in [-0.05, 0) is 42.3 Å². The first-order valence-electron chi connectivity index (χ1n) is 11.1. The first-order valence-corrected chi connectivity index (χ1v) is 11.1. The van der Waals surface area contributed by atoms with E-state index in [0.717, 1.165) is 11.3 Å². The minimum atomic E-state index is -1.05. The van der Waals surface area contributed by atoms with Crippen molar-refractivity contribution in [2.75, 3.05) is 19.0 Å². The summed E-state index contributed by atoms with van der Waals surface area (Å²) in [5.74, 6) is -2.75. The Bertz CT molecular complexity index is 1310. The molecule has 1 saturated heterocycles. The number of aliphatic hydroxyl groups excluding tert-OH is 1. The lowest BCUT2D eigenvalue weighted by Gasteiger charge is -2.26. The number of rotatable bonds is 6. The molecule has 2 N–H and O–H groups in total. The number of aryl methyl sites for hydroxylation is 1. The van der Waals surface area contributed by atoms with E-state index in [9.17, 15) is 19.5 Å². The van der Waals surface area contributed by atoms with Crippen LogP contribution < -0.4 is 4.90 Å². The molecule has 0 spiro atoms. The number of carboxylic acids is 1. The molecule has 0 bridgehead atoms. The highest BCUT2D eigenvalue weighted by Crippen LogP contribution is 2.40. The van der Waals surface area contributed by atoms with Gasteiger partial charge in [0.2, 0.25) is 0 Å². The molecule has 7 nitrogen and oxygen atoms in total. The number of carbonyl (C=O) groups excluding carboxylic acids is 2. The van der Waals surface area contributed by atoms with Crippen molar-refractivity contribution in [3.63, 3.8) is 0 Å². The van der Waals surface area contributed by atoms with Gasteiger partial charge in [0.25, 0.3) is 11.7 Å². The number of amides is 1. The quantitative estimate of drug-likeness (QED) is 0.315. The largest absolute Gasteiger partial charge is 0.507 e. The number of ketones is 1. The van der Waals surface area contributed by atoms with Gasteiger partial charge in [0.15, 0.2) is 0 Å². The minimum absolute atomic E-state index is 0.0265. The summed E-state index contributed by atoms with van der Waals surface area (Å²) in [7, 11) is 3.83. The van der Waals surface area contributed by atoms with Crippen molar-refractivity contribution >= 4 is 29.1 Å². The van der Waals surface area contributed by atoms with Crippen molar-refractivity contribution in [3.05, 3.63) is 106 Å². The van der Waals surface area contributed by atoms with E-state index in [4.69, 9.17) is 5.11 Å². The van der Waals surface area contributed by atoms with E-state index in [0.29, 0.717) is 16.7 Å². The summed E-state index contributed by atoms with van der Waals surface area (Å²) < 4.78 is 0. The molecule has 0 aliphatic carbocycles. The average molecular weight is 471 g/mol. The maximum absolute atomic E-state index is 13.2. The number of aromatic carboxylic acids is 1. The standard InChI is InChI=1S/C28H26N2O5/c1-17-4-8-20(9-5-17)25(31)23-24(19-12-14-22(15-13-19)29(2)3)30(27(33)26(23)32)16-18-6-10-21(11-7-18)28(34)35/h4-15,24,31H,16H2,1-3H3,(H,34,35)/b25-23+. The van der Waals surface area contributed by atoms with Crippen LogP contribution in [0.1, 0.15) is 38.7 Å². The molecule has 3 aromatic carbocycles. The number of Topliss-reactive ketones (excluding diaryl/α,β-unsaturated/α-hetero) is 1. The summed E-state index contributed by atoms with van der Waals surface area (Å²) in [5, 5.41) is 20.3. The Morgan fingerprint density at radius 2 is 1.43 bits per heavy atom. The van der Waals surface area contributed by atoms with Gasteiger partial charge in [-0.25, -0.2) is 4.79 Å². The van der Waals surface area contributed by atoms with E-state index in [2.05, 4.69) is 0 Å². The highest BCUT2D eigenvalue weighted by molar-refractivity contribution is 6.46. The SMILES string of the molecule is Cc1ccc(/C(O)=C2\C(=O)C(=O)N(Cc3ccc(C(=O)O)cc3)C2c2ccc(N(C)C)cc2)cc1. The van der Waals surface area contributed by atoms with Crippen LogP contribution in [0.15, 0.2) is 78.4 Å². The Kier molecular flexibility index (Phi) is 6.42. The number of likely N-dealkylation sites (tertiary alicyclic amines) is 1. The Balaban J connectivity index is 1.81. The van der Waals surface area contributed by atoms with Crippen LogP contribution in [0.4, 0.5) is 5.69 Å². The molecule has 0 saturated carbocycles. The van der Waals surface area contributed by atoms with E-state index in [1.165, 1.54) is 17.0 Å². The zero-order valence-corrected chi connectivity index (χ0v) is 19.7. The van der Waals surface area contributed by atoms with Crippen LogP contribution in [0.3, 0.4) is 0 Å². The summed E-state index contributed by atoms with van der Waals surface area (Å²) in [5.41, 5.74) is 3.92. The number of hydrogen-bond donors (Lipinski definition) is 2. The second-order valence-electron chi connectivity index (χ2n) is 8.78. The lowest BCUT2D eigenvalue weighted by molar-refractivity contribution is -0.140. The first kappa shape index (κ1) is 23.8.